The SMILES string of the molecule is N#Cc1ccc(Cl)c(NCc2ccc(CO)o2)c1. The van der Waals surface area contributed by atoms with Gasteiger partial charge in [0.15, 0.2) is 0 Å². The Morgan fingerprint density at radius 1 is 1.28 bits per heavy atom. The number of benzene rings is 1. The van der Waals surface area contributed by atoms with Crippen molar-refractivity contribution in [3.63, 3.8) is 0 Å². The summed E-state index contributed by atoms with van der Waals surface area (Å²) in [6.45, 7) is 0.319. The summed E-state index contributed by atoms with van der Waals surface area (Å²) in [5, 5.41) is 21.3. The number of nitrogens with one attached hydrogen (secondary N) is 1. The van der Waals surface area contributed by atoms with Gasteiger partial charge < -0.3 is 14.8 Å². The van der Waals surface area contributed by atoms with E-state index in [9.17, 15) is 0 Å². The molecule has 2 N–H and O–H groups in total. The summed E-state index contributed by atoms with van der Waals surface area (Å²) in [7, 11) is 0. The smallest absolute Gasteiger partial charge is 0.129 e. The second-order valence-electron chi connectivity index (χ2n) is 3.69. The van der Waals surface area contributed by atoms with Crippen LogP contribution in [0.5, 0.6) is 0 Å². The predicted octanol–water partition coefficient (Wildman–Crippen LogP) is 2.91. The molecule has 5 heteroatoms. The zero-order chi connectivity index (χ0) is 13.0. The highest BCUT2D eigenvalue weighted by Crippen LogP contribution is 2.23. The minimum Gasteiger partial charge on any atom is -0.462 e. The molecule has 0 bridgehead atoms. The van der Waals surface area contributed by atoms with Crippen molar-refractivity contribution in [3.05, 3.63) is 52.4 Å². The van der Waals surface area contributed by atoms with Gasteiger partial charge in [-0.1, -0.05) is 11.6 Å². The van der Waals surface area contributed by atoms with Crippen LogP contribution in [-0.4, -0.2) is 5.11 Å². The van der Waals surface area contributed by atoms with Gasteiger partial charge in [-0.05, 0) is 30.3 Å². The Balaban J connectivity index is 2.08. The Morgan fingerprint density at radius 2 is 2.06 bits per heavy atom. The van der Waals surface area contributed by atoms with E-state index in [2.05, 4.69) is 11.4 Å². The molecule has 1 aromatic heterocycles. The van der Waals surface area contributed by atoms with E-state index in [0.717, 1.165) is 0 Å². The molecule has 1 aromatic carbocycles. The summed E-state index contributed by atoms with van der Waals surface area (Å²) in [6, 6.07) is 10.5. The van der Waals surface area contributed by atoms with Crippen molar-refractivity contribution in [2.24, 2.45) is 0 Å². The maximum absolute atomic E-state index is 8.88. The van der Waals surface area contributed by atoms with E-state index in [4.69, 9.17) is 26.4 Å². The van der Waals surface area contributed by atoms with Crippen LogP contribution in [0.15, 0.2) is 34.7 Å². The number of hydrogen-bond acceptors (Lipinski definition) is 4. The average Bonchev–Trinajstić information content (AvgIpc) is 2.86. The van der Waals surface area contributed by atoms with Gasteiger partial charge in [-0.2, -0.15) is 5.26 Å². The predicted molar refractivity (Wildman–Crippen MR) is 68.1 cm³/mol. The molecule has 0 unspecified atom stereocenters. The number of rotatable bonds is 4. The van der Waals surface area contributed by atoms with Crippen LogP contribution < -0.4 is 5.32 Å². The lowest BCUT2D eigenvalue weighted by Crippen LogP contribution is -1.99. The summed E-state index contributed by atoms with van der Waals surface area (Å²) in [6.07, 6.45) is 0. The normalized spacial score (nSPS) is 10.1. The third kappa shape index (κ3) is 2.83. The fourth-order valence-electron chi connectivity index (χ4n) is 1.51. The number of hydrogen-bond donors (Lipinski definition) is 2. The molecule has 0 spiro atoms. The van der Waals surface area contributed by atoms with Crippen LogP contribution in [0.2, 0.25) is 5.02 Å². The van der Waals surface area contributed by atoms with Gasteiger partial charge in [0.2, 0.25) is 0 Å². The molecule has 1 heterocycles. The van der Waals surface area contributed by atoms with Crippen molar-refractivity contribution in [2.45, 2.75) is 13.2 Å². The van der Waals surface area contributed by atoms with Crippen LogP contribution in [0.4, 0.5) is 5.69 Å². The van der Waals surface area contributed by atoms with Gasteiger partial charge in [0.05, 0.1) is 28.9 Å². The number of anilines is 1. The lowest BCUT2D eigenvalue weighted by Gasteiger charge is -2.07. The molecule has 0 aliphatic rings. The van der Waals surface area contributed by atoms with E-state index >= 15 is 0 Å². The molecule has 0 fully saturated rings. The lowest BCUT2D eigenvalue weighted by atomic mass is 10.2. The third-order valence-corrected chi connectivity index (χ3v) is 2.75. The first kappa shape index (κ1) is 12.5. The molecule has 2 aromatic rings. The molecular weight excluding hydrogens is 252 g/mol. The zero-order valence-corrected chi connectivity index (χ0v) is 10.2. The first-order valence-corrected chi connectivity index (χ1v) is 5.72. The first-order valence-electron chi connectivity index (χ1n) is 5.35. The quantitative estimate of drug-likeness (QED) is 0.889. The summed E-state index contributed by atoms with van der Waals surface area (Å²) in [4.78, 5) is 0. The fourth-order valence-corrected chi connectivity index (χ4v) is 1.70. The van der Waals surface area contributed by atoms with Gasteiger partial charge in [0.25, 0.3) is 0 Å². The molecule has 0 amide bonds. The van der Waals surface area contributed by atoms with Gasteiger partial charge in [-0.25, -0.2) is 0 Å². The molecule has 0 aliphatic heterocycles. The standard InChI is InChI=1S/C13H11ClN2O2/c14-12-4-1-9(6-15)5-13(12)16-7-10-2-3-11(8-17)18-10/h1-5,16-17H,7-8H2. The molecule has 0 radical (unpaired) electrons. The molecule has 2 rings (SSSR count). The summed E-state index contributed by atoms with van der Waals surface area (Å²) in [5.74, 6) is 1.21. The molecule has 92 valence electrons. The Hall–Kier alpha value is -1.96. The third-order valence-electron chi connectivity index (χ3n) is 2.42. The second kappa shape index (κ2) is 5.58. The van der Waals surface area contributed by atoms with Crippen LogP contribution in [0.1, 0.15) is 17.1 Å². The van der Waals surface area contributed by atoms with Crippen molar-refractivity contribution in [3.8, 4) is 6.07 Å². The fraction of sp³-hybridized carbons (Fsp3) is 0.154. The maximum atomic E-state index is 8.88. The molecule has 0 aliphatic carbocycles. The Kier molecular flexibility index (Phi) is 3.88. The summed E-state index contributed by atoms with van der Waals surface area (Å²) < 4.78 is 5.33. The van der Waals surface area contributed by atoms with Gasteiger partial charge in [-0.15, -0.1) is 0 Å². The van der Waals surface area contributed by atoms with Crippen LogP contribution in [-0.2, 0) is 13.2 Å². The maximum Gasteiger partial charge on any atom is 0.129 e. The zero-order valence-electron chi connectivity index (χ0n) is 9.48. The second-order valence-corrected chi connectivity index (χ2v) is 4.09. The van der Waals surface area contributed by atoms with E-state index in [1.165, 1.54) is 0 Å². The first-order chi connectivity index (χ1) is 8.72. The van der Waals surface area contributed by atoms with E-state index in [1.54, 1.807) is 30.3 Å². The minimum absolute atomic E-state index is 0.120. The van der Waals surface area contributed by atoms with Gasteiger partial charge >= 0.3 is 0 Å². The largest absolute Gasteiger partial charge is 0.462 e. The van der Waals surface area contributed by atoms with Crippen LogP contribution in [0, 0.1) is 11.3 Å². The topological polar surface area (TPSA) is 69.2 Å². The highest BCUT2D eigenvalue weighted by molar-refractivity contribution is 6.33. The highest BCUT2D eigenvalue weighted by Gasteiger charge is 2.04. The number of furan rings is 1. The number of halogens is 1. The van der Waals surface area contributed by atoms with E-state index in [0.29, 0.717) is 34.3 Å². The Labute approximate surface area is 109 Å². The van der Waals surface area contributed by atoms with Crippen molar-refractivity contribution in [1.82, 2.24) is 0 Å². The van der Waals surface area contributed by atoms with Crippen molar-refractivity contribution in [2.75, 3.05) is 5.32 Å². The lowest BCUT2D eigenvalue weighted by molar-refractivity contribution is 0.244. The Morgan fingerprint density at radius 3 is 2.72 bits per heavy atom. The highest BCUT2D eigenvalue weighted by atomic mass is 35.5. The van der Waals surface area contributed by atoms with Gasteiger partial charge in [0.1, 0.15) is 18.1 Å². The van der Waals surface area contributed by atoms with Gasteiger partial charge in [-0.3, -0.25) is 0 Å². The van der Waals surface area contributed by atoms with Crippen LogP contribution in [0.25, 0.3) is 0 Å². The van der Waals surface area contributed by atoms with Crippen molar-refractivity contribution >= 4 is 17.3 Å². The van der Waals surface area contributed by atoms with Crippen LogP contribution in [0.3, 0.4) is 0 Å². The number of nitrogens with zero attached hydrogens (tertiary/aromatic N) is 1. The molecule has 0 atom stereocenters. The molecule has 0 saturated carbocycles. The summed E-state index contributed by atoms with van der Waals surface area (Å²) >= 11 is 6.01. The molecule has 4 nitrogen and oxygen atoms in total. The van der Waals surface area contributed by atoms with Crippen molar-refractivity contribution in [1.29, 1.82) is 5.26 Å². The van der Waals surface area contributed by atoms with E-state index in [1.807, 2.05) is 0 Å². The van der Waals surface area contributed by atoms with Crippen molar-refractivity contribution < 1.29 is 9.52 Å². The van der Waals surface area contributed by atoms with Crippen LogP contribution >= 0.6 is 11.6 Å². The number of aliphatic hydroxyl groups is 1. The number of nitriles is 1. The van der Waals surface area contributed by atoms with E-state index < -0.39 is 0 Å². The minimum atomic E-state index is -0.120. The monoisotopic (exact) mass is 262 g/mol. The number of aliphatic hydroxyl groups excluding tert-OH is 1. The summed E-state index contributed by atoms with van der Waals surface area (Å²) in [5.41, 5.74) is 1.22. The average molecular weight is 263 g/mol. The molecule has 0 saturated heterocycles. The van der Waals surface area contributed by atoms with E-state index in [-0.39, 0.29) is 6.61 Å². The molecular formula is C13H11ClN2O2. The van der Waals surface area contributed by atoms with Gasteiger partial charge in [0, 0.05) is 0 Å². The Bertz CT molecular complexity index is 587. The molecule has 18 heavy (non-hydrogen) atoms.